The van der Waals surface area contributed by atoms with Crippen molar-refractivity contribution < 1.29 is 24.1 Å². The molecule has 10 heteroatoms. The summed E-state index contributed by atoms with van der Waals surface area (Å²) in [5.41, 5.74) is 1.04. The van der Waals surface area contributed by atoms with Gasteiger partial charge in [0.05, 0.1) is 30.3 Å². The highest BCUT2D eigenvalue weighted by atomic mass is 35.5. The Balaban J connectivity index is 1.87. The van der Waals surface area contributed by atoms with Crippen molar-refractivity contribution in [2.75, 3.05) is 51.8 Å². The van der Waals surface area contributed by atoms with Gasteiger partial charge in [-0.1, -0.05) is 25.4 Å². The van der Waals surface area contributed by atoms with E-state index in [9.17, 15) is 19.8 Å². The minimum absolute atomic E-state index is 0.00873. The first-order valence-electron chi connectivity index (χ1n) is 12.6. The molecule has 0 amide bonds. The number of hydrogen-bond acceptors (Lipinski definition) is 6. The lowest BCUT2D eigenvalue weighted by molar-refractivity contribution is 0.0694. The van der Waals surface area contributed by atoms with Crippen molar-refractivity contribution in [3.05, 3.63) is 68.2 Å². The summed E-state index contributed by atoms with van der Waals surface area (Å²) in [6, 6.07) is 6.13. The monoisotopic (exact) mass is 545 g/mol. The van der Waals surface area contributed by atoms with Gasteiger partial charge < -0.3 is 29.3 Å². The lowest BCUT2D eigenvalue weighted by Gasteiger charge is -2.34. The van der Waals surface area contributed by atoms with Gasteiger partial charge in [0, 0.05) is 55.9 Å². The van der Waals surface area contributed by atoms with Crippen LogP contribution in [-0.4, -0.2) is 72.6 Å². The molecule has 38 heavy (non-hydrogen) atoms. The summed E-state index contributed by atoms with van der Waals surface area (Å²) >= 11 is 6.30. The van der Waals surface area contributed by atoms with E-state index in [1.165, 1.54) is 13.3 Å². The molecule has 0 spiro atoms. The summed E-state index contributed by atoms with van der Waals surface area (Å²) in [5.74, 6) is -1.55. The van der Waals surface area contributed by atoms with Crippen LogP contribution in [0.15, 0.2) is 35.3 Å². The van der Waals surface area contributed by atoms with Gasteiger partial charge >= 0.3 is 5.97 Å². The van der Waals surface area contributed by atoms with E-state index in [1.807, 2.05) is 13.8 Å². The minimum atomic E-state index is -1.36. The van der Waals surface area contributed by atoms with Crippen molar-refractivity contribution in [3.8, 4) is 5.75 Å². The Morgan fingerprint density at radius 2 is 1.82 bits per heavy atom. The molecule has 2 aromatic carbocycles. The van der Waals surface area contributed by atoms with Gasteiger partial charge in [0.25, 0.3) is 0 Å². The van der Waals surface area contributed by atoms with E-state index in [0.29, 0.717) is 22.4 Å². The number of nitrogens with zero attached hydrogens (tertiary/aromatic N) is 3. The van der Waals surface area contributed by atoms with Crippen molar-refractivity contribution in [2.45, 2.75) is 26.3 Å². The maximum atomic E-state index is 15.2. The second-order valence-corrected chi connectivity index (χ2v) is 10.5. The first-order valence-corrected chi connectivity index (χ1v) is 12.9. The highest BCUT2D eigenvalue weighted by molar-refractivity contribution is 6.31. The van der Waals surface area contributed by atoms with E-state index >= 15 is 4.39 Å². The maximum Gasteiger partial charge on any atom is 0.341 e. The van der Waals surface area contributed by atoms with E-state index in [-0.39, 0.29) is 29.4 Å². The van der Waals surface area contributed by atoms with Crippen molar-refractivity contribution >= 4 is 34.2 Å². The van der Waals surface area contributed by atoms with E-state index in [4.69, 9.17) is 16.3 Å². The third kappa shape index (κ3) is 5.36. The lowest BCUT2D eigenvalue weighted by Crippen LogP contribution is -2.44. The summed E-state index contributed by atoms with van der Waals surface area (Å²) in [6.45, 7) is 6.89. The number of aromatic nitrogens is 1. The Morgan fingerprint density at radius 1 is 1.13 bits per heavy atom. The molecular weight excluding hydrogens is 513 g/mol. The van der Waals surface area contributed by atoms with Crippen LogP contribution in [0.1, 0.15) is 41.4 Å². The molecule has 2 heterocycles. The number of methoxy groups -OCH3 is 1. The Hall–Kier alpha value is -3.14. The number of carboxylic acid groups (broad SMARTS) is 1. The zero-order valence-corrected chi connectivity index (χ0v) is 22.8. The fourth-order valence-corrected chi connectivity index (χ4v) is 5.24. The molecule has 2 N–H and O–H groups in total. The highest BCUT2D eigenvalue weighted by Crippen LogP contribution is 2.33. The van der Waals surface area contributed by atoms with E-state index in [0.717, 1.165) is 31.9 Å². The molecule has 4 rings (SSSR count). The van der Waals surface area contributed by atoms with Crippen molar-refractivity contribution in [2.24, 2.45) is 5.92 Å². The van der Waals surface area contributed by atoms with Crippen molar-refractivity contribution in [1.29, 1.82) is 0 Å². The molecule has 0 aliphatic carbocycles. The molecule has 8 nitrogen and oxygen atoms in total. The minimum Gasteiger partial charge on any atom is -0.496 e. The molecule has 1 aliphatic heterocycles. The van der Waals surface area contributed by atoms with Gasteiger partial charge in [0.1, 0.15) is 17.1 Å². The number of fused-ring (bicyclic) bond motifs is 1. The fourth-order valence-electron chi connectivity index (χ4n) is 5.01. The zero-order valence-electron chi connectivity index (χ0n) is 22.0. The molecule has 0 unspecified atom stereocenters. The van der Waals surface area contributed by atoms with Crippen LogP contribution >= 0.6 is 11.6 Å². The van der Waals surface area contributed by atoms with Crippen LogP contribution in [0, 0.1) is 11.7 Å². The number of likely N-dealkylation sites (N-methyl/N-ethyl adjacent to an activating group) is 1. The van der Waals surface area contributed by atoms with Crippen molar-refractivity contribution in [1.82, 2.24) is 9.47 Å². The predicted molar refractivity (Wildman–Crippen MR) is 147 cm³/mol. The molecule has 1 fully saturated rings. The summed E-state index contributed by atoms with van der Waals surface area (Å²) in [7, 11) is 3.54. The third-order valence-electron chi connectivity index (χ3n) is 7.32. The maximum absolute atomic E-state index is 15.2. The number of pyridine rings is 1. The van der Waals surface area contributed by atoms with Gasteiger partial charge in [-0.2, -0.15) is 0 Å². The number of aliphatic hydroxyl groups is 1. The molecular formula is C28H33ClFN3O5. The average Bonchev–Trinajstić information content (AvgIpc) is 2.88. The van der Waals surface area contributed by atoms with Crippen LogP contribution in [0.4, 0.5) is 10.1 Å². The highest BCUT2D eigenvalue weighted by Gasteiger charge is 2.24. The number of piperazine rings is 1. The number of aliphatic hydroxyl groups excluding tert-OH is 1. The number of hydrogen-bond donors (Lipinski definition) is 2. The molecule has 0 bridgehead atoms. The number of halogens is 2. The van der Waals surface area contributed by atoms with Crippen molar-refractivity contribution in [3.63, 3.8) is 0 Å². The molecule has 204 valence electrons. The number of ether oxygens (including phenoxy) is 1. The molecule has 0 saturated carbocycles. The van der Waals surface area contributed by atoms with E-state index in [2.05, 4.69) is 16.8 Å². The van der Waals surface area contributed by atoms with Crippen LogP contribution in [0.5, 0.6) is 5.75 Å². The third-order valence-corrected chi connectivity index (χ3v) is 7.59. The van der Waals surface area contributed by atoms with Crippen LogP contribution in [0.25, 0.3) is 10.9 Å². The fraction of sp³-hybridized carbons (Fsp3) is 0.429. The van der Waals surface area contributed by atoms with Crippen LogP contribution in [0.2, 0.25) is 5.02 Å². The van der Waals surface area contributed by atoms with Gasteiger partial charge in [0.15, 0.2) is 0 Å². The number of carboxylic acids is 1. The van der Waals surface area contributed by atoms with Gasteiger partial charge in [-0.05, 0) is 42.3 Å². The zero-order chi connectivity index (χ0) is 27.7. The second-order valence-electron chi connectivity index (χ2n) is 10.1. The summed E-state index contributed by atoms with van der Waals surface area (Å²) in [6.07, 6.45) is 1.35. The smallest absolute Gasteiger partial charge is 0.341 e. The quantitative estimate of drug-likeness (QED) is 0.441. The molecule has 3 aromatic rings. The summed E-state index contributed by atoms with van der Waals surface area (Å²) in [4.78, 5) is 29.5. The number of carbonyl (C=O) groups is 1. The average molecular weight is 546 g/mol. The second kappa shape index (κ2) is 11.3. The topological polar surface area (TPSA) is 95.2 Å². The predicted octanol–water partition coefficient (Wildman–Crippen LogP) is 4.03. The molecule has 1 aromatic heterocycles. The number of anilines is 1. The first-order chi connectivity index (χ1) is 18.0. The molecule has 1 atom stereocenters. The standard InChI is InChI=1S/C28H33ClFN3O5/c1-16(2)24(15-34)33-14-21(28(36)37)27(35)20-11-17(25(38-4)13-23(20)33)9-18-10-19(12-22(29)26(18)30)32-7-5-31(3)6-8-32/h10-14,16,24,34H,5-9,15H2,1-4H3,(H,36,37)/t24-/m1/s1. The summed E-state index contributed by atoms with van der Waals surface area (Å²) < 4.78 is 22.5. The van der Waals surface area contributed by atoms with Gasteiger partial charge in [-0.3, -0.25) is 4.79 Å². The van der Waals surface area contributed by atoms with Crippen LogP contribution in [-0.2, 0) is 6.42 Å². The Morgan fingerprint density at radius 3 is 2.39 bits per heavy atom. The number of rotatable bonds is 8. The van der Waals surface area contributed by atoms with Gasteiger partial charge in [-0.25, -0.2) is 9.18 Å². The van der Waals surface area contributed by atoms with Gasteiger partial charge in [0.2, 0.25) is 5.43 Å². The molecule has 0 radical (unpaired) electrons. The van der Waals surface area contributed by atoms with E-state index < -0.39 is 28.8 Å². The largest absolute Gasteiger partial charge is 0.496 e. The lowest BCUT2D eigenvalue weighted by atomic mass is 9.98. The molecule has 1 saturated heterocycles. The van der Waals surface area contributed by atoms with E-state index in [1.54, 1.807) is 28.8 Å². The molecule has 1 aliphatic rings. The van der Waals surface area contributed by atoms with Crippen LogP contribution < -0.4 is 15.1 Å². The van der Waals surface area contributed by atoms with Crippen LogP contribution in [0.3, 0.4) is 0 Å². The summed E-state index contributed by atoms with van der Waals surface area (Å²) in [5, 5.41) is 19.9. The first kappa shape index (κ1) is 27.9. The number of aromatic carboxylic acids is 1. The number of benzene rings is 2. The Labute approximate surface area is 225 Å². The Bertz CT molecular complexity index is 1420. The SMILES string of the molecule is COc1cc2c(cc1Cc1cc(N3CCN(C)CC3)cc(Cl)c1F)c(=O)c(C(=O)O)cn2[C@H](CO)C(C)C. The van der Waals surface area contributed by atoms with Gasteiger partial charge in [-0.15, -0.1) is 0 Å². The Kier molecular flexibility index (Phi) is 8.30. The normalized spacial score (nSPS) is 15.3.